The zero-order valence-corrected chi connectivity index (χ0v) is 35.8. The fraction of sp³-hybridized carbons (Fsp3) is 0.574. The minimum atomic E-state index is 0.0152. The Hall–Kier alpha value is -4.61. The quantitative estimate of drug-likeness (QED) is 0.258. The molecule has 314 valence electrons. The lowest BCUT2D eigenvalue weighted by Gasteiger charge is -2.47. The van der Waals surface area contributed by atoms with Crippen molar-refractivity contribution in [1.29, 1.82) is 15.8 Å². The maximum Gasteiger partial charge on any atom is 0.105 e. The Bertz CT molecular complexity index is 2210. The van der Waals surface area contributed by atoms with Crippen LogP contribution in [0.25, 0.3) is 0 Å². The molecule has 7 heteroatoms. The van der Waals surface area contributed by atoms with Gasteiger partial charge in [0.2, 0.25) is 0 Å². The Kier molecular flexibility index (Phi) is 10.7. The van der Waals surface area contributed by atoms with Crippen molar-refractivity contribution >= 4 is 0 Å². The first-order valence-corrected chi connectivity index (χ1v) is 24.3. The number of dihydropyridines is 1. The largest absolute Gasteiger partial charge is 0.353 e. The number of nitrogens with zero attached hydrogens (tertiary/aromatic N) is 5. The molecule has 0 aromatic rings. The molecule has 4 heterocycles. The molecular formula is C54H63N7. The van der Waals surface area contributed by atoms with Crippen molar-refractivity contribution in [1.82, 2.24) is 20.4 Å². The van der Waals surface area contributed by atoms with Gasteiger partial charge in [-0.15, -0.1) is 0 Å². The van der Waals surface area contributed by atoms with Crippen LogP contribution in [0.4, 0.5) is 0 Å². The Balaban J connectivity index is 0.981. The monoisotopic (exact) mass is 810 g/mol. The van der Waals surface area contributed by atoms with Crippen molar-refractivity contribution in [2.24, 2.45) is 59.2 Å². The molecule has 11 aliphatic rings. The van der Waals surface area contributed by atoms with Gasteiger partial charge in [0.05, 0.1) is 24.4 Å². The Morgan fingerprint density at radius 3 is 2.43 bits per heavy atom. The van der Waals surface area contributed by atoms with Gasteiger partial charge < -0.3 is 10.2 Å². The standard InChI is InChI=1S/C54H63N7/c55-31-34-10-9-11-37(26-34)39-12-1-3-14-41(39)43-16-5-6-17-44(43)42-15-4-2-13-40(42)38-29-52(59-53(30-38)61-49-19-8-7-18-45(49)46-24-25-58-54(46)61)60-50-22-20-35(32-56)27-47(50)48-28-36(33-57)21-23-51(48)60/h1,3,7,12,14,16,18,20,22,26-30,37,39-42,44-52,54,58-59H,2,4-6,8-11,13,15,17,19,21,23-25H2. The molecule has 15 unspecified atom stereocenters. The van der Waals surface area contributed by atoms with E-state index in [1.807, 2.05) is 0 Å². The number of likely N-dealkylation sites (tertiary alicyclic amines) is 2. The summed E-state index contributed by atoms with van der Waals surface area (Å²) in [6.07, 6.45) is 51.5. The van der Waals surface area contributed by atoms with Crippen LogP contribution < -0.4 is 10.6 Å². The summed E-state index contributed by atoms with van der Waals surface area (Å²) in [5.41, 5.74) is 5.87. The molecule has 61 heavy (non-hydrogen) atoms. The summed E-state index contributed by atoms with van der Waals surface area (Å²) in [5.74, 6) is 5.77. The average molecular weight is 810 g/mol. The van der Waals surface area contributed by atoms with Gasteiger partial charge in [-0.2, -0.15) is 15.8 Å². The second kappa shape index (κ2) is 16.6. The summed E-state index contributed by atoms with van der Waals surface area (Å²) in [4.78, 5) is 5.60. The van der Waals surface area contributed by atoms with Crippen molar-refractivity contribution in [3.8, 4) is 18.2 Å². The third kappa shape index (κ3) is 6.89. The number of hydrogen-bond acceptors (Lipinski definition) is 7. The van der Waals surface area contributed by atoms with Gasteiger partial charge in [0, 0.05) is 64.4 Å². The van der Waals surface area contributed by atoms with Gasteiger partial charge in [-0.25, -0.2) is 0 Å². The fourth-order valence-electron chi connectivity index (χ4n) is 15.0. The van der Waals surface area contributed by atoms with Crippen LogP contribution in [-0.2, 0) is 0 Å². The van der Waals surface area contributed by atoms with Gasteiger partial charge >= 0.3 is 0 Å². The van der Waals surface area contributed by atoms with Crippen LogP contribution in [-0.4, -0.2) is 46.8 Å². The van der Waals surface area contributed by atoms with Crippen LogP contribution in [0.1, 0.15) is 96.3 Å². The number of hydrogen-bond donors (Lipinski definition) is 2. The maximum absolute atomic E-state index is 10.1. The Morgan fingerprint density at radius 1 is 0.656 bits per heavy atom. The van der Waals surface area contributed by atoms with Gasteiger partial charge in [-0.3, -0.25) is 10.2 Å². The lowest BCUT2D eigenvalue weighted by molar-refractivity contribution is 0.113. The molecule has 1 saturated carbocycles. The van der Waals surface area contributed by atoms with Gasteiger partial charge in [0.25, 0.3) is 0 Å². The van der Waals surface area contributed by atoms with Gasteiger partial charge in [0.1, 0.15) is 12.0 Å². The molecule has 7 nitrogen and oxygen atoms in total. The van der Waals surface area contributed by atoms with Crippen LogP contribution >= 0.6 is 0 Å². The van der Waals surface area contributed by atoms with E-state index in [1.54, 1.807) is 11.1 Å². The highest BCUT2D eigenvalue weighted by Crippen LogP contribution is 2.53. The lowest BCUT2D eigenvalue weighted by Crippen LogP contribution is -2.56. The molecule has 0 aromatic heterocycles. The van der Waals surface area contributed by atoms with E-state index in [0.29, 0.717) is 59.6 Å². The van der Waals surface area contributed by atoms with E-state index >= 15 is 0 Å². The zero-order chi connectivity index (χ0) is 41.0. The van der Waals surface area contributed by atoms with E-state index in [4.69, 9.17) is 0 Å². The summed E-state index contributed by atoms with van der Waals surface area (Å²) in [6.45, 7) is 1.08. The molecule has 0 radical (unpaired) electrons. The van der Waals surface area contributed by atoms with Crippen molar-refractivity contribution in [3.05, 3.63) is 119 Å². The molecule has 15 atom stereocenters. The maximum atomic E-state index is 10.1. The minimum absolute atomic E-state index is 0.0152. The summed E-state index contributed by atoms with van der Waals surface area (Å²) in [6, 6.07) is 8.43. The number of fused-ring (bicyclic) bond motifs is 6. The number of rotatable bonds is 6. The van der Waals surface area contributed by atoms with Crippen molar-refractivity contribution in [2.75, 3.05) is 6.54 Å². The van der Waals surface area contributed by atoms with E-state index in [1.165, 1.54) is 70.0 Å². The predicted octanol–water partition coefficient (Wildman–Crippen LogP) is 9.96. The van der Waals surface area contributed by atoms with Gasteiger partial charge in [-0.1, -0.05) is 85.3 Å². The molecule has 0 bridgehead atoms. The smallest absolute Gasteiger partial charge is 0.105 e. The van der Waals surface area contributed by atoms with Crippen LogP contribution in [0.2, 0.25) is 0 Å². The lowest BCUT2D eigenvalue weighted by atomic mass is 9.60. The SMILES string of the molecule is N#CC1=CC2C3C=C(C#N)CCC3N(C3C=C(C4CCCCC4C4CCCC=C4C4C=CC=CC4C4C=C(C#N)CCC4)C=C(N4C5CCC=CC5C5CCNC54)N3)C2C=C1. The fourth-order valence-corrected chi connectivity index (χ4v) is 15.0. The first-order valence-electron chi connectivity index (χ1n) is 24.3. The van der Waals surface area contributed by atoms with Gasteiger partial charge in [-0.05, 0) is 143 Å². The molecule has 0 aromatic carbocycles. The average Bonchev–Trinajstić information content (AvgIpc) is 4.02. The highest BCUT2D eigenvalue weighted by molar-refractivity contribution is 5.43. The number of nitriles is 3. The van der Waals surface area contributed by atoms with E-state index in [2.05, 4.69) is 124 Å². The molecule has 0 spiro atoms. The van der Waals surface area contributed by atoms with E-state index in [9.17, 15) is 15.8 Å². The number of allylic oxidation sites excluding steroid dienone is 14. The van der Waals surface area contributed by atoms with E-state index in [0.717, 1.165) is 55.4 Å². The third-order valence-electron chi connectivity index (χ3n) is 17.5. The molecular weight excluding hydrogens is 747 g/mol. The first-order chi connectivity index (χ1) is 30.1. The van der Waals surface area contributed by atoms with Crippen LogP contribution in [0.15, 0.2) is 119 Å². The first kappa shape index (κ1) is 39.3. The normalized spacial score (nSPS) is 42.4. The highest BCUT2D eigenvalue weighted by Gasteiger charge is 2.54. The molecule has 4 aliphatic heterocycles. The van der Waals surface area contributed by atoms with Crippen molar-refractivity contribution < 1.29 is 0 Å². The minimum Gasteiger partial charge on any atom is -0.353 e. The van der Waals surface area contributed by atoms with Gasteiger partial charge in [0.15, 0.2) is 0 Å². The van der Waals surface area contributed by atoms with Crippen molar-refractivity contribution in [2.45, 2.75) is 127 Å². The Labute approximate surface area is 364 Å². The molecule has 3 saturated heterocycles. The summed E-state index contributed by atoms with van der Waals surface area (Å²) in [7, 11) is 0. The predicted molar refractivity (Wildman–Crippen MR) is 240 cm³/mol. The molecule has 2 N–H and O–H groups in total. The molecule has 11 rings (SSSR count). The molecule has 0 amide bonds. The highest BCUT2D eigenvalue weighted by atomic mass is 15.4. The molecule has 4 fully saturated rings. The zero-order valence-electron chi connectivity index (χ0n) is 35.8. The van der Waals surface area contributed by atoms with E-state index in [-0.39, 0.29) is 30.1 Å². The molecule has 7 aliphatic carbocycles. The Morgan fingerprint density at radius 2 is 1.52 bits per heavy atom. The van der Waals surface area contributed by atoms with Crippen LogP contribution in [0.5, 0.6) is 0 Å². The number of nitrogens with one attached hydrogen (secondary N) is 2. The third-order valence-corrected chi connectivity index (χ3v) is 17.5. The van der Waals surface area contributed by atoms with Crippen LogP contribution in [0.3, 0.4) is 0 Å². The second-order valence-electron chi connectivity index (χ2n) is 20.3. The summed E-state index contributed by atoms with van der Waals surface area (Å²) >= 11 is 0. The van der Waals surface area contributed by atoms with Crippen molar-refractivity contribution in [3.63, 3.8) is 0 Å². The summed E-state index contributed by atoms with van der Waals surface area (Å²) in [5, 5.41) is 38.3. The topological polar surface area (TPSA) is 102 Å². The second-order valence-corrected chi connectivity index (χ2v) is 20.3. The van der Waals surface area contributed by atoms with E-state index < -0.39 is 0 Å². The summed E-state index contributed by atoms with van der Waals surface area (Å²) < 4.78 is 0. The van der Waals surface area contributed by atoms with Crippen LogP contribution in [0, 0.1) is 93.2 Å².